The topological polar surface area (TPSA) is 106 Å². The third kappa shape index (κ3) is 4.55. The van der Waals surface area contributed by atoms with Crippen molar-refractivity contribution in [2.24, 2.45) is 0 Å². The molecule has 1 N–H and O–H groups in total. The van der Waals surface area contributed by atoms with Gasteiger partial charge in [-0.3, -0.25) is 4.79 Å². The maximum atomic E-state index is 12.5. The van der Waals surface area contributed by atoms with Gasteiger partial charge in [-0.15, -0.1) is 0 Å². The van der Waals surface area contributed by atoms with E-state index in [4.69, 9.17) is 4.74 Å². The van der Waals surface area contributed by atoms with Crippen molar-refractivity contribution in [2.45, 2.75) is 30.8 Å². The van der Waals surface area contributed by atoms with Gasteiger partial charge in [0.25, 0.3) is 5.91 Å². The number of carbonyl (C=O) groups excluding carboxylic acids is 2. The number of nitrogens with one attached hydrogen (secondary N) is 1. The first-order valence-electron chi connectivity index (χ1n) is 8.91. The minimum atomic E-state index is -3.50. The Balaban J connectivity index is 1.60. The number of aromatic nitrogens is 1. The Morgan fingerprint density at radius 2 is 1.79 bits per heavy atom. The lowest BCUT2D eigenvalue weighted by Gasteiger charge is -2.16. The number of esters is 1. The molecule has 8 nitrogen and oxygen atoms in total. The van der Waals surface area contributed by atoms with Crippen molar-refractivity contribution in [1.29, 1.82) is 0 Å². The molecule has 1 amide bonds. The predicted molar refractivity (Wildman–Crippen MR) is 102 cm³/mol. The van der Waals surface area contributed by atoms with E-state index in [1.807, 2.05) is 0 Å². The van der Waals surface area contributed by atoms with E-state index in [9.17, 15) is 18.0 Å². The SMILES string of the molecule is C[C@H](OC(=O)c1ccccn1)C(=O)Nc1ccc(S(=O)(=O)N2CCCC2)cc1. The van der Waals surface area contributed by atoms with E-state index < -0.39 is 28.0 Å². The van der Waals surface area contributed by atoms with Crippen LogP contribution >= 0.6 is 0 Å². The van der Waals surface area contributed by atoms with Gasteiger partial charge in [-0.1, -0.05) is 6.07 Å². The van der Waals surface area contributed by atoms with E-state index >= 15 is 0 Å². The van der Waals surface area contributed by atoms with Crippen LogP contribution in [-0.4, -0.2) is 48.8 Å². The van der Waals surface area contributed by atoms with Crippen LogP contribution in [0.3, 0.4) is 0 Å². The average molecular weight is 403 g/mol. The summed E-state index contributed by atoms with van der Waals surface area (Å²) in [7, 11) is -3.50. The molecule has 3 rings (SSSR count). The molecule has 2 heterocycles. The first kappa shape index (κ1) is 20.0. The van der Waals surface area contributed by atoms with Gasteiger partial charge in [0.2, 0.25) is 10.0 Å². The molecule has 0 spiro atoms. The summed E-state index contributed by atoms with van der Waals surface area (Å²) in [6, 6.07) is 10.7. The highest BCUT2D eigenvalue weighted by molar-refractivity contribution is 7.89. The van der Waals surface area contributed by atoms with Gasteiger partial charge in [0.1, 0.15) is 5.69 Å². The zero-order chi connectivity index (χ0) is 20.1. The number of amides is 1. The summed E-state index contributed by atoms with van der Waals surface area (Å²) in [6.45, 7) is 2.50. The van der Waals surface area contributed by atoms with Gasteiger partial charge in [0, 0.05) is 25.0 Å². The van der Waals surface area contributed by atoms with Gasteiger partial charge in [-0.25, -0.2) is 18.2 Å². The first-order valence-corrected chi connectivity index (χ1v) is 10.3. The van der Waals surface area contributed by atoms with Crippen LogP contribution in [0.4, 0.5) is 5.69 Å². The fraction of sp³-hybridized carbons (Fsp3) is 0.316. The van der Waals surface area contributed by atoms with E-state index in [0.717, 1.165) is 12.8 Å². The van der Waals surface area contributed by atoms with Crippen LogP contribution in [0.15, 0.2) is 53.6 Å². The third-order valence-corrected chi connectivity index (χ3v) is 6.26. The zero-order valence-electron chi connectivity index (χ0n) is 15.4. The molecule has 0 unspecified atom stereocenters. The van der Waals surface area contributed by atoms with Crippen LogP contribution in [0.25, 0.3) is 0 Å². The Morgan fingerprint density at radius 3 is 2.39 bits per heavy atom. The Morgan fingerprint density at radius 1 is 1.11 bits per heavy atom. The minimum absolute atomic E-state index is 0.110. The quantitative estimate of drug-likeness (QED) is 0.740. The number of carbonyl (C=O) groups is 2. The van der Waals surface area contributed by atoms with Crippen LogP contribution in [-0.2, 0) is 19.6 Å². The van der Waals surface area contributed by atoms with E-state index in [-0.39, 0.29) is 10.6 Å². The van der Waals surface area contributed by atoms with Crippen molar-refractivity contribution in [3.8, 4) is 0 Å². The summed E-state index contributed by atoms with van der Waals surface area (Å²) in [5.41, 5.74) is 0.518. The maximum Gasteiger partial charge on any atom is 0.357 e. The molecule has 1 aromatic carbocycles. The largest absolute Gasteiger partial charge is 0.448 e. The minimum Gasteiger partial charge on any atom is -0.448 e. The second-order valence-corrected chi connectivity index (χ2v) is 8.33. The highest BCUT2D eigenvalue weighted by Crippen LogP contribution is 2.22. The third-order valence-electron chi connectivity index (χ3n) is 4.35. The van der Waals surface area contributed by atoms with Crippen molar-refractivity contribution >= 4 is 27.6 Å². The van der Waals surface area contributed by atoms with Crippen molar-refractivity contribution in [1.82, 2.24) is 9.29 Å². The molecule has 148 valence electrons. The molecular weight excluding hydrogens is 382 g/mol. The lowest BCUT2D eigenvalue weighted by molar-refractivity contribution is -0.123. The summed E-state index contributed by atoms with van der Waals surface area (Å²) in [4.78, 5) is 28.2. The number of benzene rings is 1. The monoisotopic (exact) mass is 403 g/mol. The predicted octanol–water partition coefficient (Wildman–Crippen LogP) is 2.05. The fourth-order valence-electron chi connectivity index (χ4n) is 2.79. The highest BCUT2D eigenvalue weighted by atomic mass is 32.2. The smallest absolute Gasteiger partial charge is 0.357 e. The summed E-state index contributed by atoms with van der Waals surface area (Å²) < 4.78 is 31.6. The van der Waals surface area contributed by atoms with Gasteiger partial charge in [-0.05, 0) is 56.2 Å². The van der Waals surface area contributed by atoms with Crippen LogP contribution in [0.2, 0.25) is 0 Å². The van der Waals surface area contributed by atoms with Gasteiger partial charge in [0.15, 0.2) is 6.10 Å². The number of anilines is 1. The van der Waals surface area contributed by atoms with Crippen LogP contribution in [0.1, 0.15) is 30.3 Å². The Kier molecular flexibility index (Phi) is 6.05. The second kappa shape index (κ2) is 8.49. The molecule has 0 aliphatic carbocycles. The molecule has 0 bridgehead atoms. The van der Waals surface area contributed by atoms with Gasteiger partial charge >= 0.3 is 5.97 Å². The standard InChI is InChI=1S/C19H21N3O5S/c1-14(27-19(24)17-6-2-3-11-20-17)18(23)21-15-7-9-16(10-8-15)28(25,26)22-12-4-5-13-22/h2-3,6-11,14H,4-5,12-13H2,1H3,(H,21,23)/t14-/m0/s1. The number of hydrogen-bond acceptors (Lipinski definition) is 6. The molecule has 1 aromatic heterocycles. The summed E-state index contributed by atoms with van der Waals surface area (Å²) >= 11 is 0. The fourth-order valence-corrected chi connectivity index (χ4v) is 4.31. The Hall–Kier alpha value is -2.78. The molecule has 0 radical (unpaired) electrons. The number of nitrogens with zero attached hydrogens (tertiary/aromatic N) is 2. The van der Waals surface area contributed by atoms with Gasteiger partial charge in [0.05, 0.1) is 4.90 Å². The van der Waals surface area contributed by atoms with Crippen LogP contribution in [0.5, 0.6) is 0 Å². The number of ether oxygens (including phenoxy) is 1. The number of sulfonamides is 1. The first-order chi connectivity index (χ1) is 13.4. The number of rotatable bonds is 6. The molecular formula is C19H21N3O5S. The summed E-state index contributed by atoms with van der Waals surface area (Å²) in [6.07, 6.45) is 2.15. The van der Waals surface area contributed by atoms with Crippen molar-refractivity contribution in [3.05, 3.63) is 54.4 Å². The second-order valence-electron chi connectivity index (χ2n) is 6.39. The van der Waals surface area contributed by atoms with Crippen LogP contribution < -0.4 is 5.32 Å². The number of pyridine rings is 1. The molecule has 1 saturated heterocycles. The summed E-state index contributed by atoms with van der Waals surface area (Å²) in [5.74, 6) is -1.23. The lowest BCUT2D eigenvalue weighted by Crippen LogP contribution is -2.30. The maximum absolute atomic E-state index is 12.5. The average Bonchev–Trinajstić information content (AvgIpc) is 3.25. The van der Waals surface area contributed by atoms with Gasteiger partial charge < -0.3 is 10.1 Å². The normalized spacial score (nSPS) is 15.8. The molecule has 1 aliphatic heterocycles. The van der Waals surface area contributed by atoms with E-state index in [0.29, 0.717) is 18.8 Å². The van der Waals surface area contributed by atoms with E-state index in [2.05, 4.69) is 10.3 Å². The van der Waals surface area contributed by atoms with Gasteiger partial charge in [-0.2, -0.15) is 4.31 Å². The van der Waals surface area contributed by atoms with E-state index in [1.54, 1.807) is 12.1 Å². The molecule has 2 aromatic rings. The van der Waals surface area contributed by atoms with Crippen molar-refractivity contribution in [3.63, 3.8) is 0 Å². The van der Waals surface area contributed by atoms with Crippen LogP contribution in [0, 0.1) is 0 Å². The highest BCUT2D eigenvalue weighted by Gasteiger charge is 2.27. The molecule has 1 fully saturated rings. The molecule has 9 heteroatoms. The lowest BCUT2D eigenvalue weighted by atomic mass is 10.3. The molecule has 1 aliphatic rings. The molecule has 0 saturated carbocycles. The zero-order valence-corrected chi connectivity index (χ0v) is 16.2. The van der Waals surface area contributed by atoms with Crippen molar-refractivity contribution < 1.29 is 22.7 Å². The van der Waals surface area contributed by atoms with E-state index in [1.165, 1.54) is 47.8 Å². The summed E-state index contributed by atoms with van der Waals surface area (Å²) in [5, 5.41) is 2.60. The van der Waals surface area contributed by atoms with Crippen molar-refractivity contribution in [2.75, 3.05) is 18.4 Å². The molecule has 28 heavy (non-hydrogen) atoms. The number of hydrogen-bond donors (Lipinski definition) is 1. The Bertz CT molecular complexity index is 939. The molecule has 1 atom stereocenters. The Labute approximate surface area is 163 Å².